The number of rotatable bonds is 6. The van der Waals surface area contributed by atoms with Gasteiger partial charge in [-0.05, 0) is 48.2 Å². The van der Waals surface area contributed by atoms with Crippen LogP contribution in [0.2, 0.25) is 0 Å². The second-order valence-corrected chi connectivity index (χ2v) is 5.34. The van der Waals surface area contributed by atoms with Crippen LogP contribution < -0.4 is 0 Å². The number of aromatic carboxylic acids is 1. The van der Waals surface area contributed by atoms with Gasteiger partial charge in [0.1, 0.15) is 4.88 Å². The van der Waals surface area contributed by atoms with E-state index in [0.29, 0.717) is 11.4 Å². The minimum absolute atomic E-state index is 0.441. The number of aromatic nitrogens is 1. The van der Waals surface area contributed by atoms with Crippen molar-refractivity contribution in [3.8, 4) is 0 Å². The molecule has 0 aromatic carbocycles. The van der Waals surface area contributed by atoms with Gasteiger partial charge in [0.25, 0.3) is 0 Å². The molecule has 2 heterocycles. The number of carbonyl (C=O) groups is 1. The van der Waals surface area contributed by atoms with E-state index >= 15 is 0 Å². The number of thiophene rings is 1. The molecule has 0 bridgehead atoms. The molecular formula is C14H16N2O2S. The van der Waals surface area contributed by atoms with Crippen molar-refractivity contribution in [3.05, 3.63) is 52.0 Å². The maximum absolute atomic E-state index is 11.0. The molecule has 0 unspecified atom stereocenters. The van der Waals surface area contributed by atoms with E-state index in [1.54, 1.807) is 12.4 Å². The van der Waals surface area contributed by atoms with Crippen LogP contribution in [0.3, 0.4) is 0 Å². The second-order valence-electron chi connectivity index (χ2n) is 4.42. The van der Waals surface area contributed by atoms with Gasteiger partial charge in [0.2, 0.25) is 0 Å². The number of nitrogens with zero attached hydrogens (tertiary/aromatic N) is 2. The minimum atomic E-state index is -0.840. The summed E-state index contributed by atoms with van der Waals surface area (Å²) in [5.41, 5.74) is 2.13. The van der Waals surface area contributed by atoms with Crippen LogP contribution in [0.15, 0.2) is 36.0 Å². The molecule has 4 nitrogen and oxygen atoms in total. The van der Waals surface area contributed by atoms with Crippen LogP contribution in [0.25, 0.3) is 0 Å². The smallest absolute Gasteiger partial charge is 0.346 e. The van der Waals surface area contributed by atoms with Gasteiger partial charge in [0.05, 0.1) is 0 Å². The Labute approximate surface area is 116 Å². The number of carboxylic acids is 1. The van der Waals surface area contributed by atoms with Gasteiger partial charge < -0.3 is 10.0 Å². The lowest BCUT2D eigenvalue weighted by Gasteiger charge is -2.16. The summed E-state index contributed by atoms with van der Waals surface area (Å²) in [6.07, 6.45) is 4.51. The van der Waals surface area contributed by atoms with Crippen molar-refractivity contribution in [3.63, 3.8) is 0 Å². The molecule has 19 heavy (non-hydrogen) atoms. The fourth-order valence-corrected chi connectivity index (χ4v) is 2.64. The van der Waals surface area contributed by atoms with E-state index in [1.165, 1.54) is 16.9 Å². The Kier molecular flexibility index (Phi) is 4.65. The second kappa shape index (κ2) is 6.45. The number of likely N-dealkylation sites (N-methyl/N-ethyl adjacent to an activating group) is 1. The van der Waals surface area contributed by atoms with Crippen molar-refractivity contribution in [2.45, 2.75) is 13.0 Å². The first-order valence-electron chi connectivity index (χ1n) is 6.04. The normalized spacial score (nSPS) is 10.8. The van der Waals surface area contributed by atoms with E-state index < -0.39 is 5.97 Å². The highest BCUT2D eigenvalue weighted by atomic mass is 32.1. The quantitative estimate of drug-likeness (QED) is 0.881. The largest absolute Gasteiger partial charge is 0.477 e. The van der Waals surface area contributed by atoms with Gasteiger partial charge in [-0.3, -0.25) is 4.98 Å². The van der Waals surface area contributed by atoms with Gasteiger partial charge in [-0.25, -0.2) is 4.79 Å². The Morgan fingerprint density at radius 1 is 1.37 bits per heavy atom. The topological polar surface area (TPSA) is 53.4 Å². The maximum atomic E-state index is 11.0. The third-order valence-corrected chi connectivity index (χ3v) is 3.86. The lowest BCUT2D eigenvalue weighted by atomic mass is 10.2. The van der Waals surface area contributed by atoms with Gasteiger partial charge >= 0.3 is 5.97 Å². The molecule has 0 amide bonds. The van der Waals surface area contributed by atoms with E-state index in [4.69, 9.17) is 5.11 Å². The average Bonchev–Trinajstić information content (AvgIpc) is 2.86. The predicted octanol–water partition coefficient (Wildman–Crippen LogP) is 2.52. The number of carboxylic acid groups (broad SMARTS) is 1. The standard InChI is InChI=1S/C14H16N2O2S/c1-16(8-4-11-2-6-15-7-3-11)10-12-5-9-19-13(12)14(17)18/h2-3,5-7,9H,4,8,10H2,1H3,(H,17,18). The van der Waals surface area contributed by atoms with Crippen molar-refractivity contribution in [1.82, 2.24) is 9.88 Å². The van der Waals surface area contributed by atoms with Crippen molar-refractivity contribution < 1.29 is 9.90 Å². The van der Waals surface area contributed by atoms with E-state index in [9.17, 15) is 4.79 Å². The van der Waals surface area contributed by atoms with Crippen LogP contribution in [-0.4, -0.2) is 34.6 Å². The fourth-order valence-electron chi connectivity index (χ4n) is 1.89. The molecule has 0 fully saturated rings. The van der Waals surface area contributed by atoms with Crippen LogP contribution in [-0.2, 0) is 13.0 Å². The first-order valence-corrected chi connectivity index (χ1v) is 6.92. The molecule has 5 heteroatoms. The summed E-state index contributed by atoms with van der Waals surface area (Å²) in [5.74, 6) is -0.840. The summed E-state index contributed by atoms with van der Waals surface area (Å²) >= 11 is 1.28. The predicted molar refractivity (Wildman–Crippen MR) is 75.6 cm³/mol. The molecule has 0 aliphatic rings. The van der Waals surface area contributed by atoms with Gasteiger partial charge in [-0.2, -0.15) is 0 Å². The summed E-state index contributed by atoms with van der Waals surface area (Å²) in [4.78, 5) is 17.6. The molecule has 2 aromatic heterocycles. The zero-order chi connectivity index (χ0) is 13.7. The molecule has 2 aromatic rings. The van der Waals surface area contributed by atoms with E-state index in [2.05, 4.69) is 9.88 Å². The highest BCUT2D eigenvalue weighted by molar-refractivity contribution is 7.12. The SMILES string of the molecule is CN(CCc1ccncc1)Cc1ccsc1C(=O)O. The van der Waals surface area contributed by atoms with E-state index in [-0.39, 0.29) is 0 Å². The van der Waals surface area contributed by atoms with Crippen LogP contribution >= 0.6 is 11.3 Å². The first-order chi connectivity index (χ1) is 9.16. The number of pyridine rings is 1. The minimum Gasteiger partial charge on any atom is -0.477 e. The summed E-state index contributed by atoms with van der Waals surface area (Å²) in [6, 6.07) is 5.89. The molecule has 2 rings (SSSR count). The van der Waals surface area contributed by atoms with Crippen LogP contribution in [0.4, 0.5) is 0 Å². The molecule has 100 valence electrons. The Morgan fingerprint density at radius 2 is 2.11 bits per heavy atom. The number of hydrogen-bond acceptors (Lipinski definition) is 4. The number of hydrogen-bond donors (Lipinski definition) is 1. The van der Waals surface area contributed by atoms with E-state index in [0.717, 1.165) is 18.5 Å². The van der Waals surface area contributed by atoms with Crippen LogP contribution in [0.1, 0.15) is 20.8 Å². The van der Waals surface area contributed by atoms with Gasteiger partial charge in [-0.1, -0.05) is 0 Å². The van der Waals surface area contributed by atoms with Crippen molar-refractivity contribution in [2.24, 2.45) is 0 Å². The molecule has 0 saturated carbocycles. The molecule has 0 radical (unpaired) electrons. The molecule has 0 aliphatic heterocycles. The van der Waals surface area contributed by atoms with Crippen molar-refractivity contribution in [2.75, 3.05) is 13.6 Å². The fraction of sp³-hybridized carbons (Fsp3) is 0.286. The highest BCUT2D eigenvalue weighted by Crippen LogP contribution is 2.18. The molecule has 0 atom stereocenters. The lowest BCUT2D eigenvalue weighted by Crippen LogP contribution is -2.21. The molecule has 0 saturated heterocycles. The highest BCUT2D eigenvalue weighted by Gasteiger charge is 2.12. The van der Waals surface area contributed by atoms with Crippen LogP contribution in [0.5, 0.6) is 0 Å². The van der Waals surface area contributed by atoms with Gasteiger partial charge in [0, 0.05) is 25.5 Å². The summed E-state index contributed by atoms with van der Waals surface area (Å²) in [5, 5.41) is 10.9. The first kappa shape index (κ1) is 13.7. The summed E-state index contributed by atoms with van der Waals surface area (Å²) in [6.45, 7) is 1.55. The third-order valence-electron chi connectivity index (χ3n) is 2.91. The zero-order valence-electron chi connectivity index (χ0n) is 10.7. The van der Waals surface area contributed by atoms with E-state index in [1.807, 2.05) is 30.6 Å². The third kappa shape index (κ3) is 3.87. The Morgan fingerprint density at radius 3 is 2.79 bits per heavy atom. The van der Waals surface area contributed by atoms with Crippen molar-refractivity contribution >= 4 is 17.3 Å². The maximum Gasteiger partial charge on any atom is 0.346 e. The molecule has 1 N–H and O–H groups in total. The monoisotopic (exact) mass is 276 g/mol. The van der Waals surface area contributed by atoms with Crippen LogP contribution in [0, 0.1) is 0 Å². The Hall–Kier alpha value is -1.72. The summed E-state index contributed by atoms with van der Waals surface area (Å²) in [7, 11) is 2.00. The average molecular weight is 276 g/mol. The molecule has 0 spiro atoms. The van der Waals surface area contributed by atoms with Gasteiger partial charge in [-0.15, -0.1) is 11.3 Å². The lowest BCUT2D eigenvalue weighted by molar-refractivity contribution is 0.0700. The summed E-state index contributed by atoms with van der Waals surface area (Å²) < 4.78 is 0. The zero-order valence-corrected chi connectivity index (χ0v) is 11.6. The molecular weight excluding hydrogens is 260 g/mol. The Balaban J connectivity index is 1.89. The molecule has 0 aliphatic carbocycles. The Bertz CT molecular complexity index is 539. The van der Waals surface area contributed by atoms with Gasteiger partial charge in [0.15, 0.2) is 0 Å². The van der Waals surface area contributed by atoms with Crippen molar-refractivity contribution in [1.29, 1.82) is 0 Å².